The Hall–Kier alpha value is -0.110. The van der Waals surface area contributed by atoms with Crippen molar-refractivity contribution in [1.29, 1.82) is 0 Å². The zero-order valence-corrected chi connectivity index (χ0v) is 6.93. The predicted molar refractivity (Wildman–Crippen MR) is 43.2 cm³/mol. The van der Waals surface area contributed by atoms with Crippen molar-refractivity contribution >= 4 is 0 Å². The molecule has 0 aromatic carbocycles. The van der Waals surface area contributed by atoms with E-state index in [1.54, 1.807) is 0 Å². The first-order valence-corrected chi connectivity index (χ1v) is 4.67. The minimum Gasteiger partial charge on any atom is -0.300 e. The number of piperidine rings is 1. The number of alkyl halides is 1. The van der Waals surface area contributed by atoms with E-state index in [-0.39, 0.29) is 6.67 Å². The van der Waals surface area contributed by atoms with Crippen molar-refractivity contribution in [3.63, 3.8) is 0 Å². The fraction of sp³-hybridized carbons (Fsp3) is 1.00. The summed E-state index contributed by atoms with van der Waals surface area (Å²) in [6.07, 6.45) is 4.21. The number of rotatable bonds is 2. The van der Waals surface area contributed by atoms with Crippen LogP contribution in [0.25, 0.3) is 0 Å². The Kier molecular flexibility index (Phi) is 2.12. The van der Waals surface area contributed by atoms with E-state index in [4.69, 9.17) is 0 Å². The lowest BCUT2D eigenvalue weighted by atomic mass is 9.99. The summed E-state index contributed by atoms with van der Waals surface area (Å²) in [5, 5.41) is 0. The predicted octanol–water partition coefficient (Wildman–Crippen LogP) is 1.69. The molecule has 1 heterocycles. The van der Waals surface area contributed by atoms with Gasteiger partial charge >= 0.3 is 0 Å². The quantitative estimate of drug-likeness (QED) is 0.589. The van der Waals surface area contributed by atoms with Crippen LogP contribution in [0.1, 0.15) is 19.3 Å². The first kappa shape index (κ1) is 7.53. The van der Waals surface area contributed by atoms with Gasteiger partial charge in [-0.25, -0.2) is 4.39 Å². The average molecular weight is 157 g/mol. The highest BCUT2D eigenvalue weighted by Crippen LogP contribution is 2.35. The van der Waals surface area contributed by atoms with Gasteiger partial charge in [-0.05, 0) is 31.1 Å². The van der Waals surface area contributed by atoms with Crippen LogP contribution in [0.15, 0.2) is 0 Å². The number of hydrogen-bond acceptors (Lipinski definition) is 1. The summed E-state index contributed by atoms with van der Waals surface area (Å²) >= 11 is 0. The van der Waals surface area contributed by atoms with Crippen LogP contribution in [0.5, 0.6) is 0 Å². The number of likely N-dealkylation sites (tertiary alicyclic amines) is 1. The Balaban J connectivity index is 1.87. The second kappa shape index (κ2) is 3.10. The number of hydrogen-bond donors (Lipinski definition) is 0. The fourth-order valence-corrected chi connectivity index (χ4v) is 2.62. The van der Waals surface area contributed by atoms with E-state index < -0.39 is 0 Å². The average Bonchev–Trinajstić information content (AvgIpc) is 2.32. The summed E-state index contributed by atoms with van der Waals surface area (Å²) in [6.45, 7) is 2.84. The monoisotopic (exact) mass is 157 g/mol. The van der Waals surface area contributed by atoms with Gasteiger partial charge in [0.2, 0.25) is 0 Å². The summed E-state index contributed by atoms with van der Waals surface area (Å²) in [5.74, 6) is 1.81. The van der Waals surface area contributed by atoms with Crippen LogP contribution in [-0.2, 0) is 0 Å². The van der Waals surface area contributed by atoms with E-state index in [2.05, 4.69) is 4.90 Å². The van der Waals surface area contributed by atoms with Crippen LogP contribution in [0.2, 0.25) is 0 Å². The first-order valence-electron chi connectivity index (χ1n) is 4.67. The van der Waals surface area contributed by atoms with Gasteiger partial charge in [-0.2, -0.15) is 0 Å². The lowest BCUT2D eigenvalue weighted by Gasteiger charge is -2.30. The molecule has 0 amide bonds. The van der Waals surface area contributed by atoms with E-state index in [0.717, 1.165) is 11.8 Å². The maximum Gasteiger partial charge on any atom is 0.102 e. The second-order valence-electron chi connectivity index (χ2n) is 3.99. The molecule has 1 saturated carbocycles. The smallest absolute Gasteiger partial charge is 0.102 e. The molecule has 11 heavy (non-hydrogen) atoms. The Morgan fingerprint density at radius 2 is 1.82 bits per heavy atom. The van der Waals surface area contributed by atoms with Crippen molar-refractivity contribution in [2.45, 2.75) is 19.3 Å². The number of nitrogens with zero attached hydrogens (tertiary/aromatic N) is 1. The molecule has 2 fully saturated rings. The highest BCUT2D eigenvalue weighted by Gasteiger charge is 2.32. The van der Waals surface area contributed by atoms with Crippen LogP contribution in [-0.4, -0.2) is 31.2 Å². The van der Waals surface area contributed by atoms with Crippen molar-refractivity contribution < 1.29 is 4.39 Å². The number of fused-ring (bicyclic) bond motifs is 2. The molecule has 0 aromatic rings. The highest BCUT2D eigenvalue weighted by molar-refractivity contribution is 4.85. The molecular formula is C9H16FN. The molecule has 2 atom stereocenters. The van der Waals surface area contributed by atoms with Gasteiger partial charge in [0.25, 0.3) is 0 Å². The molecule has 2 aliphatic rings. The summed E-state index contributed by atoms with van der Waals surface area (Å²) in [6, 6.07) is 0. The van der Waals surface area contributed by atoms with Crippen molar-refractivity contribution in [2.24, 2.45) is 11.8 Å². The Morgan fingerprint density at radius 3 is 2.36 bits per heavy atom. The summed E-state index contributed by atoms with van der Waals surface area (Å²) < 4.78 is 12.0. The van der Waals surface area contributed by atoms with E-state index in [9.17, 15) is 4.39 Å². The maximum atomic E-state index is 12.0. The third-order valence-corrected chi connectivity index (χ3v) is 3.08. The van der Waals surface area contributed by atoms with Gasteiger partial charge in [0.15, 0.2) is 0 Å². The Bertz CT molecular complexity index is 126. The fourth-order valence-electron chi connectivity index (χ4n) is 2.62. The molecule has 2 rings (SSSR count). The zero-order chi connectivity index (χ0) is 7.68. The molecule has 2 bridgehead atoms. The summed E-state index contributed by atoms with van der Waals surface area (Å²) in [7, 11) is 0. The molecule has 1 aliphatic heterocycles. The molecule has 0 N–H and O–H groups in total. The molecule has 0 radical (unpaired) electrons. The lowest BCUT2D eigenvalue weighted by molar-refractivity contribution is 0.157. The van der Waals surface area contributed by atoms with Gasteiger partial charge in [-0.1, -0.05) is 0 Å². The van der Waals surface area contributed by atoms with Gasteiger partial charge in [0.1, 0.15) is 6.67 Å². The molecular weight excluding hydrogens is 141 g/mol. The third kappa shape index (κ3) is 1.56. The standard InChI is InChI=1S/C9H16FN/c10-3-4-11-6-8-1-2-9(5-8)7-11/h8-9H,1-7H2. The third-order valence-electron chi connectivity index (χ3n) is 3.08. The topological polar surface area (TPSA) is 3.24 Å². The van der Waals surface area contributed by atoms with E-state index >= 15 is 0 Å². The van der Waals surface area contributed by atoms with Gasteiger partial charge in [0.05, 0.1) is 0 Å². The molecule has 64 valence electrons. The van der Waals surface area contributed by atoms with E-state index in [1.165, 1.54) is 32.4 Å². The van der Waals surface area contributed by atoms with Crippen molar-refractivity contribution in [3.05, 3.63) is 0 Å². The maximum absolute atomic E-state index is 12.0. The van der Waals surface area contributed by atoms with Crippen LogP contribution in [0.3, 0.4) is 0 Å². The van der Waals surface area contributed by atoms with Gasteiger partial charge < -0.3 is 4.90 Å². The summed E-state index contributed by atoms with van der Waals surface area (Å²) in [4.78, 5) is 2.30. The SMILES string of the molecule is FCCN1CC2CCC(C2)C1. The van der Waals surface area contributed by atoms with Crippen LogP contribution >= 0.6 is 0 Å². The van der Waals surface area contributed by atoms with Crippen molar-refractivity contribution in [1.82, 2.24) is 4.90 Å². The normalized spacial score (nSPS) is 37.9. The zero-order valence-electron chi connectivity index (χ0n) is 6.93. The van der Waals surface area contributed by atoms with Crippen LogP contribution in [0, 0.1) is 11.8 Å². The largest absolute Gasteiger partial charge is 0.300 e. The van der Waals surface area contributed by atoms with Gasteiger partial charge in [0, 0.05) is 19.6 Å². The second-order valence-corrected chi connectivity index (χ2v) is 3.99. The number of halogens is 1. The highest BCUT2D eigenvalue weighted by atomic mass is 19.1. The Labute approximate surface area is 67.6 Å². The van der Waals surface area contributed by atoms with Crippen LogP contribution < -0.4 is 0 Å². The lowest BCUT2D eigenvalue weighted by Crippen LogP contribution is -2.37. The minimum atomic E-state index is -0.167. The van der Waals surface area contributed by atoms with E-state index in [0.29, 0.717) is 6.54 Å². The van der Waals surface area contributed by atoms with Gasteiger partial charge in [-0.15, -0.1) is 0 Å². The molecule has 1 nitrogen and oxygen atoms in total. The molecule has 1 saturated heterocycles. The van der Waals surface area contributed by atoms with Gasteiger partial charge in [-0.3, -0.25) is 0 Å². The van der Waals surface area contributed by atoms with Crippen LogP contribution in [0.4, 0.5) is 4.39 Å². The molecule has 0 aromatic heterocycles. The molecule has 2 heteroatoms. The summed E-state index contributed by atoms with van der Waals surface area (Å²) in [5.41, 5.74) is 0. The minimum absolute atomic E-state index is 0.167. The van der Waals surface area contributed by atoms with Crippen molar-refractivity contribution in [3.8, 4) is 0 Å². The Morgan fingerprint density at radius 1 is 1.18 bits per heavy atom. The van der Waals surface area contributed by atoms with E-state index in [1.807, 2.05) is 0 Å². The van der Waals surface area contributed by atoms with Crippen molar-refractivity contribution in [2.75, 3.05) is 26.3 Å². The molecule has 1 aliphatic carbocycles. The molecule has 2 unspecified atom stereocenters. The first-order chi connectivity index (χ1) is 5.38. The molecule has 0 spiro atoms.